The summed E-state index contributed by atoms with van der Waals surface area (Å²) < 4.78 is 0. The smallest absolute Gasteiger partial charge is 0.232 e. The highest BCUT2D eigenvalue weighted by molar-refractivity contribution is 6.30. The van der Waals surface area contributed by atoms with E-state index in [0.717, 1.165) is 16.8 Å². The molecule has 1 amide bonds. The van der Waals surface area contributed by atoms with Gasteiger partial charge in [0.15, 0.2) is 0 Å². The van der Waals surface area contributed by atoms with E-state index in [-0.39, 0.29) is 11.9 Å². The van der Waals surface area contributed by atoms with E-state index in [2.05, 4.69) is 9.97 Å². The molecule has 0 radical (unpaired) electrons. The van der Waals surface area contributed by atoms with Gasteiger partial charge in [0, 0.05) is 36.3 Å². The molecule has 0 saturated carbocycles. The maximum atomic E-state index is 13.0. The summed E-state index contributed by atoms with van der Waals surface area (Å²) in [6.07, 6.45) is 2.41. The first-order valence-corrected chi connectivity index (χ1v) is 7.91. The average molecular weight is 331 g/mol. The lowest BCUT2D eigenvalue weighted by molar-refractivity contribution is -0.137. The van der Waals surface area contributed by atoms with E-state index in [1.54, 1.807) is 6.20 Å². The van der Waals surface area contributed by atoms with Crippen LogP contribution in [0.15, 0.2) is 30.5 Å². The fraction of sp³-hybridized carbons (Fsp3) is 0.353. The normalized spacial score (nSPS) is 14.5. The van der Waals surface area contributed by atoms with Gasteiger partial charge in [0.25, 0.3) is 0 Å². The Balaban J connectivity index is 1.83. The SMILES string of the molecule is CC(C)(C(=O)N1CCc2nc(N)ncc2C1)c1ccc(Cl)cc1. The number of anilines is 1. The number of nitrogens with zero attached hydrogens (tertiary/aromatic N) is 3. The second kappa shape index (κ2) is 5.81. The van der Waals surface area contributed by atoms with Crippen molar-refractivity contribution in [1.29, 1.82) is 0 Å². The van der Waals surface area contributed by atoms with Crippen LogP contribution in [0.25, 0.3) is 0 Å². The minimum atomic E-state index is -0.614. The second-order valence-electron chi connectivity index (χ2n) is 6.31. The number of aromatic nitrogens is 2. The first-order valence-electron chi connectivity index (χ1n) is 7.53. The van der Waals surface area contributed by atoms with Gasteiger partial charge in [-0.25, -0.2) is 9.97 Å². The Bertz CT molecular complexity index is 743. The molecule has 0 saturated heterocycles. The number of benzene rings is 1. The minimum absolute atomic E-state index is 0.0855. The molecule has 3 rings (SSSR count). The Labute approximate surface area is 140 Å². The Morgan fingerprint density at radius 2 is 2.00 bits per heavy atom. The van der Waals surface area contributed by atoms with Crippen molar-refractivity contribution in [2.24, 2.45) is 0 Å². The highest BCUT2D eigenvalue weighted by atomic mass is 35.5. The van der Waals surface area contributed by atoms with Gasteiger partial charge in [-0.3, -0.25) is 4.79 Å². The molecule has 2 aromatic rings. The number of carbonyl (C=O) groups is 1. The summed E-state index contributed by atoms with van der Waals surface area (Å²) in [5.74, 6) is 0.368. The van der Waals surface area contributed by atoms with Crippen LogP contribution in [0.1, 0.15) is 30.7 Å². The summed E-state index contributed by atoms with van der Waals surface area (Å²) in [6.45, 7) is 5.03. The molecule has 1 aromatic carbocycles. The standard InChI is InChI=1S/C17H19ClN4O/c1-17(2,12-3-5-13(18)6-4-12)15(23)22-8-7-14-11(10-22)9-20-16(19)21-14/h3-6,9H,7-8,10H2,1-2H3,(H2,19,20,21). The molecule has 0 fully saturated rings. The highest BCUT2D eigenvalue weighted by Gasteiger charge is 2.35. The molecule has 1 aliphatic rings. The van der Waals surface area contributed by atoms with Gasteiger partial charge in [-0.1, -0.05) is 23.7 Å². The molecule has 0 spiro atoms. The molecule has 0 unspecified atom stereocenters. The van der Waals surface area contributed by atoms with E-state index in [9.17, 15) is 4.79 Å². The number of amides is 1. The molecule has 23 heavy (non-hydrogen) atoms. The summed E-state index contributed by atoms with van der Waals surface area (Å²) in [5, 5.41) is 0.665. The summed E-state index contributed by atoms with van der Waals surface area (Å²) in [4.78, 5) is 23.1. The molecule has 1 aromatic heterocycles. The number of hydrogen-bond acceptors (Lipinski definition) is 4. The molecule has 6 heteroatoms. The summed E-state index contributed by atoms with van der Waals surface area (Å²) in [5.41, 5.74) is 7.86. The lowest BCUT2D eigenvalue weighted by Gasteiger charge is -2.35. The number of nitrogen functional groups attached to an aromatic ring is 1. The van der Waals surface area contributed by atoms with Crippen molar-refractivity contribution >= 4 is 23.5 Å². The number of carbonyl (C=O) groups excluding carboxylic acids is 1. The highest BCUT2D eigenvalue weighted by Crippen LogP contribution is 2.29. The van der Waals surface area contributed by atoms with Gasteiger partial charge < -0.3 is 10.6 Å². The predicted molar refractivity (Wildman–Crippen MR) is 90.0 cm³/mol. The quantitative estimate of drug-likeness (QED) is 0.918. The number of fused-ring (bicyclic) bond motifs is 1. The molecule has 0 aliphatic carbocycles. The van der Waals surface area contributed by atoms with Gasteiger partial charge >= 0.3 is 0 Å². The van der Waals surface area contributed by atoms with Gasteiger partial charge in [-0.15, -0.1) is 0 Å². The average Bonchev–Trinajstić information content (AvgIpc) is 2.54. The van der Waals surface area contributed by atoms with Crippen LogP contribution in [-0.4, -0.2) is 27.3 Å². The molecule has 5 nitrogen and oxygen atoms in total. The van der Waals surface area contributed by atoms with Gasteiger partial charge in [0.05, 0.1) is 11.1 Å². The summed E-state index contributed by atoms with van der Waals surface area (Å²) in [7, 11) is 0. The zero-order chi connectivity index (χ0) is 16.6. The first-order chi connectivity index (χ1) is 10.9. The molecule has 0 bridgehead atoms. The van der Waals surface area contributed by atoms with E-state index in [1.807, 2.05) is 43.0 Å². The third-order valence-electron chi connectivity index (χ3n) is 4.34. The maximum absolute atomic E-state index is 13.0. The van der Waals surface area contributed by atoms with Gasteiger partial charge in [-0.2, -0.15) is 0 Å². The zero-order valence-corrected chi connectivity index (χ0v) is 14.0. The van der Waals surface area contributed by atoms with Gasteiger partial charge in [-0.05, 0) is 31.5 Å². The largest absolute Gasteiger partial charge is 0.368 e. The summed E-state index contributed by atoms with van der Waals surface area (Å²) in [6, 6.07) is 7.44. The van der Waals surface area contributed by atoms with Crippen LogP contribution >= 0.6 is 11.6 Å². The predicted octanol–water partition coefficient (Wildman–Crippen LogP) is 2.57. The molecular weight excluding hydrogens is 312 g/mol. The molecule has 0 atom stereocenters. The number of halogens is 1. The van der Waals surface area contributed by atoms with Crippen LogP contribution < -0.4 is 5.73 Å². The fourth-order valence-electron chi connectivity index (χ4n) is 2.89. The van der Waals surface area contributed by atoms with E-state index in [4.69, 9.17) is 17.3 Å². The van der Waals surface area contributed by atoms with Crippen molar-refractivity contribution in [3.05, 3.63) is 52.3 Å². The van der Waals surface area contributed by atoms with Crippen molar-refractivity contribution in [3.8, 4) is 0 Å². The minimum Gasteiger partial charge on any atom is -0.368 e. The van der Waals surface area contributed by atoms with Crippen LogP contribution in [0, 0.1) is 0 Å². The first kappa shape index (κ1) is 15.7. The van der Waals surface area contributed by atoms with Crippen LogP contribution in [0.5, 0.6) is 0 Å². The number of hydrogen-bond donors (Lipinski definition) is 1. The zero-order valence-electron chi connectivity index (χ0n) is 13.2. The lowest BCUT2D eigenvalue weighted by atomic mass is 9.82. The Kier molecular flexibility index (Phi) is 3.98. The Morgan fingerprint density at radius 3 is 2.70 bits per heavy atom. The van der Waals surface area contributed by atoms with Crippen molar-refractivity contribution in [1.82, 2.24) is 14.9 Å². The van der Waals surface area contributed by atoms with Crippen LogP contribution in [0.2, 0.25) is 5.02 Å². The van der Waals surface area contributed by atoms with Crippen molar-refractivity contribution < 1.29 is 4.79 Å². The molecule has 1 aliphatic heterocycles. The van der Waals surface area contributed by atoms with Crippen molar-refractivity contribution in [2.45, 2.75) is 32.2 Å². The van der Waals surface area contributed by atoms with Crippen molar-refractivity contribution in [3.63, 3.8) is 0 Å². The Morgan fingerprint density at radius 1 is 1.30 bits per heavy atom. The molecular formula is C17H19ClN4O. The second-order valence-corrected chi connectivity index (χ2v) is 6.75. The van der Waals surface area contributed by atoms with E-state index in [1.165, 1.54) is 0 Å². The molecule has 2 N–H and O–H groups in total. The van der Waals surface area contributed by atoms with Crippen LogP contribution in [0.4, 0.5) is 5.95 Å². The van der Waals surface area contributed by atoms with E-state index >= 15 is 0 Å². The van der Waals surface area contributed by atoms with Gasteiger partial charge in [0.1, 0.15) is 0 Å². The number of rotatable bonds is 2. The maximum Gasteiger partial charge on any atom is 0.232 e. The van der Waals surface area contributed by atoms with Crippen molar-refractivity contribution in [2.75, 3.05) is 12.3 Å². The lowest BCUT2D eigenvalue weighted by Crippen LogP contribution is -2.45. The van der Waals surface area contributed by atoms with Crippen LogP contribution in [0.3, 0.4) is 0 Å². The Hall–Kier alpha value is -2.14. The molecule has 120 valence electrons. The number of nitrogens with two attached hydrogens (primary N) is 1. The van der Waals surface area contributed by atoms with Gasteiger partial charge in [0.2, 0.25) is 11.9 Å². The van der Waals surface area contributed by atoms with E-state index < -0.39 is 5.41 Å². The third-order valence-corrected chi connectivity index (χ3v) is 4.59. The third kappa shape index (κ3) is 3.01. The van der Waals surface area contributed by atoms with E-state index in [0.29, 0.717) is 24.5 Å². The van der Waals surface area contributed by atoms with Crippen LogP contribution in [-0.2, 0) is 23.2 Å². The topological polar surface area (TPSA) is 72.1 Å². The summed E-state index contributed by atoms with van der Waals surface area (Å²) >= 11 is 5.94. The molecule has 2 heterocycles. The fourth-order valence-corrected chi connectivity index (χ4v) is 3.02. The monoisotopic (exact) mass is 330 g/mol.